The largest absolute Gasteiger partial charge is 0.350 e. The van der Waals surface area contributed by atoms with Crippen LogP contribution in [0.25, 0.3) is 16.2 Å². The molecule has 1 atom stereocenters. The third-order valence-corrected chi connectivity index (χ3v) is 4.42. The summed E-state index contributed by atoms with van der Waals surface area (Å²) in [5, 5.41) is 21.9. The molecule has 0 spiro atoms. The predicted molar refractivity (Wildman–Crippen MR) is 90.4 cm³/mol. The van der Waals surface area contributed by atoms with Crippen molar-refractivity contribution in [1.82, 2.24) is 24.8 Å². The fourth-order valence-corrected chi connectivity index (χ4v) is 3.22. The lowest BCUT2D eigenvalue weighted by atomic mass is 10.2. The van der Waals surface area contributed by atoms with Gasteiger partial charge in [-0.2, -0.15) is 0 Å². The van der Waals surface area contributed by atoms with Crippen LogP contribution in [0.15, 0.2) is 54.7 Å². The van der Waals surface area contributed by atoms with Crippen molar-refractivity contribution in [3.05, 3.63) is 60.6 Å². The first-order valence-corrected chi connectivity index (χ1v) is 8.08. The second-order valence-electron chi connectivity index (χ2n) is 5.13. The van der Waals surface area contributed by atoms with E-state index in [1.807, 2.05) is 66.1 Å². The summed E-state index contributed by atoms with van der Waals surface area (Å²) in [7, 11) is 0. The Morgan fingerprint density at radius 2 is 1.78 bits per heavy atom. The average Bonchev–Trinajstić information content (AvgIpc) is 3.22. The quantitative estimate of drug-likeness (QED) is 0.623. The van der Waals surface area contributed by atoms with Crippen LogP contribution in [0.4, 0.5) is 5.13 Å². The van der Waals surface area contributed by atoms with Crippen molar-refractivity contribution in [3.63, 3.8) is 0 Å². The fourth-order valence-electron chi connectivity index (χ4n) is 2.38. The molecule has 0 aliphatic rings. The standard InChI is InChI=1S/C16H14N6S/c1-11(14-19-18-13-9-5-6-10-22(13)14)17-16-21-20-15(23-16)12-7-3-2-4-8-12/h2-11H,1H3,(H,17,21). The van der Waals surface area contributed by atoms with Crippen molar-refractivity contribution in [1.29, 1.82) is 0 Å². The lowest BCUT2D eigenvalue weighted by molar-refractivity contribution is 0.769. The zero-order chi connectivity index (χ0) is 15.6. The summed E-state index contributed by atoms with van der Waals surface area (Å²) in [6, 6.07) is 15.9. The van der Waals surface area contributed by atoms with E-state index in [0.29, 0.717) is 0 Å². The molecule has 0 aliphatic carbocycles. The van der Waals surface area contributed by atoms with E-state index in [-0.39, 0.29) is 6.04 Å². The molecule has 7 heteroatoms. The molecule has 6 nitrogen and oxygen atoms in total. The Kier molecular flexibility index (Phi) is 3.47. The molecule has 3 aromatic heterocycles. The van der Waals surface area contributed by atoms with Crippen LogP contribution < -0.4 is 5.32 Å². The maximum absolute atomic E-state index is 4.26. The van der Waals surface area contributed by atoms with Gasteiger partial charge in [-0.3, -0.25) is 4.40 Å². The van der Waals surface area contributed by atoms with Crippen LogP contribution >= 0.6 is 11.3 Å². The molecule has 1 aromatic carbocycles. The zero-order valence-electron chi connectivity index (χ0n) is 12.4. The van der Waals surface area contributed by atoms with Crippen LogP contribution in [-0.2, 0) is 0 Å². The van der Waals surface area contributed by atoms with Crippen molar-refractivity contribution in [2.75, 3.05) is 5.32 Å². The van der Waals surface area contributed by atoms with Crippen molar-refractivity contribution >= 4 is 22.1 Å². The number of rotatable bonds is 4. The first-order chi connectivity index (χ1) is 11.3. The summed E-state index contributed by atoms with van der Waals surface area (Å²) in [5.41, 5.74) is 1.90. The molecule has 0 aliphatic heterocycles. The first kappa shape index (κ1) is 13.8. The lowest BCUT2D eigenvalue weighted by Crippen LogP contribution is -2.10. The number of hydrogen-bond acceptors (Lipinski definition) is 6. The van der Waals surface area contributed by atoms with Gasteiger partial charge < -0.3 is 5.32 Å². The van der Waals surface area contributed by atoms with Crippen LogP contribution in [0, 0.1) is 0 Å². The Morgan fingerprint density at radius 3 is 2.65 bits per heavy atom. The summed E-state index contributed by atoms with van der Waals surface area (Å²) >= 11 is 1.53. The number of aromatic nitrogens is 5. The van der Waals surface area contributed by atoms with Crippen LogP contribution in [0.3, 0.4) is 0 Å². The highest BCUT2D eigenvalue weighted by Crippen LogP contribution is 2.28. The molecule has 3 heterocycles. The molecular weight excluding hydrogens is 308 g/mol. The fraction of sp³-hybridized carbons (Fsp3) is 0.125. The van der Waals surface area contributed by atoms with E-state index in [0.717, 1.165) is 27.2 Å². The van der Waals surface area contributed by atoms with Gasteiger partial charge in [0.1, 0.15) is 5.01 Å². The molecule has 23 heavy (non-hydrogen) atoms. The number of hydrogen-bond donors (Lipinski definition) is 1. The van der Waals surface area contributed by atoms with E-state index in [2.05, 4.69) is 25.7 Å². The smallest absolute Gasteiger partial charge is 0.206 e. The molecule has 0 bridgehead atoms. The first-order valence-electron chi connectivity index (χ1n) is 7.26. The number of fused-ring (bicyclic) bond motifs is 1. The van der Waals surface area contributed by atoms with Gasteiger partial charge in [0, 0.05) is 11.8 Å². The van der Waals surface area contributed by atoms with Crippen LogP contribution in [-0.4, -0.2) is 24.8 Å². The molecule has 114 valence electrons. The van der Waals surface area contributed by atoms with Gasteiger partial charge >= 0.3 is 0 Å². The second kappa shape index (κ2) is 5.77. The average molecular weight is 322 g/mol. The lowest BCUT2D eigenvalue weighted by Gasteiger charge is -2.10. The van der Waals surface area contributed by atoms with Crippen molar-refractivity contribution in [2.45, 2.75) is 13.0 Å². The number of pyridine rings is 1. The topological polar surface area (TPSA) is 68.0 Å². The summed E-state index contributed by atoms with van der Waals surface area (Å²) in [6.45, 7) is 2.03. The monoisotopic (exact) mass is 322 g/mol. The van der Waals surface area contributed by atoms with Gasteiger partial charge in [-0.1, -0.05) is 47.7 Å². The van der Waals surface area contributed by atoms with Crippen LogP contribution in [0.5, 0.6) is 0 Å². The molecular formula is C16H14N6S. The highest BCUT2D eigenvalue weighted by molar-refractivity contribution is 7.18. The summed E-state index contributed by atoms with van der Waals surface area (Å²) in [5.74, 6) is 0.845. The number of anilines is 1. The molecule has 0 radical (unpaired) electrons. The minimum absolute atomic E-state index is 0.0241. The Morgan fingerprint density at radius 1 is 0.957 bits per heavy atom. The number of nitrogens with one attached hydrogen (secondary N) is 1. The van der Waals surface area contributed by atoms with Crippen molar-refractivity contribution in [3.8, 4) is 10.6 Å². The Labute approximate surface area is 136 Å². The molecule has 1 unspecified atom stereocenters. The van der Waals surface area contributed by atoms with Crippen molar-refractivity contribution < 1.29 is 0 Å². The molecule has 4 rings (SSSR count). The third kappa shape index (κ3) is 2.66. The van der Waals surface area contributed by atoms with E-state index in [1.165, 1.54) is 11.3 Å². The van der Waals surface area contributed by atoms with Crippen LogP contribution in [0.2, 0.25) is 0 Å². The van der Waals surface area contributed by atoms with E-state index in [1.54, 1.807) is 0 Å². The van der Waals surface area contributed by atoms with Gasteiger partial charge in [0.2, 0.25) is 5.13 Å². The van der Waals surface area contributed by atoms with Gasteiger partial charge in [-0.05, 0) is 19.1 Å². The molecule has 0 saturated heterocycles. The van der Waals surface area contributed by atoms with Gasteiger partial charge in [0.15, 0.2) is 11.5 Å². The number of nitrogens with zero attached hydrogens (tertiary/aromatic N) is 5. The molecule has 0 amide bonds. The Hall–Kier alpha value is -2.80. The van der Waals surface area contributed by atoms with Gasteiger partial charge in [-0.25, -0.2) is 0 Å². The SMILES string of the molecule is CC(Nc1nnc(-c2ccccc2)s1)c1nnc2ccccn12. The molecule has 4 aromatic rings. The molecule has 0 fully saturated rings. The highest BCUT2D eigenvalue weighted by Gasteiger charge is 2.15. The van der Waals surface area contributed by atoms with Crippen molar-refractivity contribution in [2.24, 2.45) is 0 Å². The number of benzene rings is 1. The summed E-state index contributed by atoms with van der Waals surface area (Å²) in [6.07, 6.45) is 1.96. The Bertz CT molecular complexity index is 930. The van der Waals surface area contributed by atoms with E-state index in [4.69, 9.17) is 0 Å². The Balaban J connectivity index is 1.57. The maximum Gasteiger partial charge on any atom is 0.206 e. The van der Waals surface area contributed by atoms with Gasteiger partial charge in [-0.15, -0.1) is 20.4 Å². The maximum atomic E-state index is 4.26. The van der Waals surface area contributed by atoms with Gasteiger partial charge in [0.25, 0.3) is 0 Å². The minimum atomic E-state index is -0.0241. The van der Waals surface area contributed by atoms with Gasteiger partial charge in [0.05, 0.1) is 6.04 Å². The minimum Gasteiger partial charge on any atom is -0.350 e. The second-order valence-corrected chi connectivity index (χ2v) is 6.11. The van der Waals surface area contributed by atoms with E-state index < -0.39 is 0 Å². The predicted octanol–water partition coefficient (Wildman–Crippen LogP) is 3.42. The van der Waals surface area contributed by atoms with E-state index in [9.17, 15) is 0 Å². The summed E-state index contributed by atoms with van der Waals surface area (Å²) in [4.78, 5) is 0. The van der Waals surface area contributed by atoms with E-state index >= 15 is 0 Å². The third-order valence-electron chi connectivity index (χ3n) is 3.51. The normalized spacial score (nSPS) is 12.4. The molecule has 0 saturated carbocycles. The highest BCUT2D eigenvalue weighted by atomic mass is 32.1. The van der Waals surface area contributed by atoms with Crippen LogP contribution in [0.1, 0.15) is 18.8 Å². The molecule has 1 N–H and O–H groups in total. The summed E-state index contributed by atoms with van der Waals surface area (Å²) < 4.78 is 1.97. The zero-order valence-corrected chi connectivity index (χ0v) is 13.2.